The van der Waals surface area contributed by atoms with Crippen LogP contribution in [0.3, 0.4) is 0 Å². The molecule has 1 unspecified atom stereocenters. The number of hydrogen-bond donors (Lipinski definition) is 0. The summed E-state index contributed by atoms with van der Waals surface area (Å²) in [7, 11) is 0. The summed E-state index contributed by atoms with van der Waals surface area (Å²) in [6, 6.07) is 27.2. The minimum absolute atomic E-state index is 0.0658. The van der Waals surface area contributed by atoms with Crippen LogP contribution in [-0.2, 0) is 0 Å². The smallest absolute Gasteiger partial charge is 0.0914 e. The van der Waals surface area contributed by atoms with E-state index in [0.29, 0.717) is 0 Å². The van der Waals surface area contributed by atoms with Crippen molar-refractivity contribution in [2.24, 2.45) is 0 Å². The maximum atomic E-state index is 9.75. The van der Waals surface area contributed by atoms with Crippen molar-refractivity contribution in [1.29, 1.82) is 5.26 Å². The Morgan fingerprint density at radius 1 is 0.762 bits per heavy atom. The van der Waals surface area contributed by atoms with Crippen molar-refractivity contribution < 1.29 is 0 Å². The van der Waals surface area contributed by atoms with Gasteiger partial charge in [-0.1, -0.05) is 66.7 Å². The lowest BCUT2D eigenvalue weighted by atomic mass is 9.80. The molecule has 1 atom stereocenters. The van der Waals surface area contributed by atoms with Gasteiger partial charge in [-0.25, -0.2) is 0 Å². The summed E-state index contributed by atoms with van der Waals surface area (Å²) >= 11 is 1.65. The lowest BCUT2D eigenvalue weighted by molar-refractivity contribution is 0.737. The van der Waals surface area contributed by atoms with Gasteiger partial charge >= 0.3 is 0 Å². The lowest BCUT2D eigenvalue weighted by Gasteiger charge is -2.22. The zero-order valence-electron chi connectivity index (χ0n) is 11.5. The van der Waals surface area contributed by atoms with Gasteiger partial charge in [0.25, 0.3) is 0 Å². The van der Waals surface area contributed by atoms with Gasteiger partial charge in [0.2, 0.25) is 0 Å². The van der Waals surface area contributed by atoms with Crippen LogP contribution in [-0.4, -0.2) is 0 Å². The quantitative estimate of drug-likeness (QED) is 0.648. The van der Waals surface area contributed by atoms with Crippen LogP contribution in [0.2, 0.25) is 0 Å². The SMILES string of the molecule is N#CC(c1cccs1)C(c1ccccc1)c1ccccc1. The van der Waals surface area contributed by atoms with E-state index >= 15 is 0 Å². The minimum atomic E-state index is -0.158. The van der Waals surface area contributed by atoms with E-state index in [9.17, 15) is 5.26 Å². The molecule has 1 aromatic heterocycles. The molecular weight excluding hydrogens is 274 g/mol. The van der Waals surface area contributed by atoms with Crippen molar-refractivity contribution in [3.05, 3.63) is 94.2 Å². The topological polar surface area (TPSA) is 23.8 Å². The molecule has 0 radical (unpaired) electrons. The Balaban J connectivity index is 2.11. The maximum absolute atomic E-state index is 9.75. The second kappa shape index (κ2) is 6.39. The highest BCUT2D eigenvalue weighted by molar-refractivity contribution is 7.10. The molecule has 0 bridgehead atoms. The molecule has 1 nitrogen and oxygen atoms in total. The Bertz CT molecular complexity index is 672. The van der Waals surface area contributed by atoms with Crippen LogP contribution in [0.25, 0.3) is 0 Å². The van der Waals surface area contributed by atoms with Gasteiger partial charge in [0.15, 0.2) is 0 Å². The molecule has 0 spiro atoms. The van der Waals surface area contributed by atoms with Gasteiger partial charge in [-0.05, 0) is 22.6 Å². The molecule has 0 fully saturated rings. The normalized spacial score (nSPS) is 12.0. The van der Waals surface area contributed by atoms with Crippen LogP contribution in [0, 0.1) is 11.3 Å². The fourth-order valence-corrected chi connectivity index (χ4v) is 3.48. The van der Waals surface area contributed by atoms with Crippen LogP contribution in [0.5, 0.6) is 0 Å². The summed E-state index contributed by atoms with van der Waals surface area (Å²) in [5.74, 6) is -0.0918. The van der Waals surface area contributed by atoms with Crippen molar-refractivity contribution in [3.8, 4) is 6.07 Å². The summed E-state index contributed by atoms with van der Waals surface area (Å²) in [6.07, 6.45) is 0. The zero-order chi connectivity index (χ0) is 14.5. The molecule has 0 aliphatic carbocycles. The number of hydrogen-bond acceptors (Lipinski definition) is 2. The average molecular weight is 289 g/mol. The molecule has 0 aliphatic rings. The molecule has 0 N–H and O–H groups in total. The summed E-state index contributed by atoms with van der Waals surface area (Å²) in [6.45, 7) is 0. The maximum Gasteiger partial charge on any atom is 0.0914 e. The van der Waals surface area contributed by atoms with Crippen molar-refractivity contribution in [2.75, 3.05) is 0 Å². The summed E-state index contributed by atoms with van der Waals surface area (Å²) < 4.78 is 0. The molecule has 0 saturated carbocycles. The molecule has 0 saturated heterocycles. The molecule has 0 amide bonds. The highest BCUT2D eigenvalue weighted by Crippen LogP contribution is 2.39. The Morgan fingerprint density at radius 2 is 1.33 bits per heavy atom. The van der Waals surface area contributed by atoms with E-state index in [-0.39, 0.29) is 11.8 Å². The van der Waals surface area contributed by atoms with E-state index < -0.39 is 0 Å². The second-order valence-corrected chi connectivity index (χ2v) is 5.90. The third-order valence-electron chi connectivity index (χ3n) is 3.64. The predicted octanol–water partition coefficient (Wildman–Crippen LogP) is 5.19. The zero-order valence-corrected chi connectivity index (χ0v) is 12.3. The van der Waals surface area contributed by atoms with E-state index in [1.165, 1.54) is 11.1 Å². The molecule has 0 aliphatic heterocycles. The van der Waals surface area contributed by atoms with E-state index in [2.05, 4.69) is 36.4 Å². The number of nitrogens with zero attached hydrogens (tertiary/aromatic N) is 1. The van der Waals surface area contributed by atoms with Crippen LogP contribution in [0.4, 0.5) is 0 Å². The lowest BCUT2D eigenvalue weighted by Crippen LogP contribution is -2.10. The van der Waals surface area contributed by atoms with Crippen molar-refractivity contribution in [3.63, 3.8) is 0 Å². The molecule has 2 heteroatoms. The number of thiophene rings is 1. The summed E-state index contributed by atoms with van der Waals surface area (Å²) in [5.41, 5.74) is 2.37. The first-order valence-electron chi connectivity index (χ1n) is 6.93. The predicted molar refractivity (Wildman–Crippen MR) is 87.4 cm³/mol. The van der Waals surface area contributed by atoms with Crippen LogP contribution in [0.15, 0.2) is 78.2 Å². The van der Waals surface area contributed by atoms with E-state index in [1.54, 1.807) is 11.3 Å². The Hall–Kier alpha value is -2.37. The standard InChI is InChI=1S/C19H15NS/c20-14-17(18-12-7-13-21-18)19(15-8-3-1-4-9-15)16-10-5-2-6-11-16/h1-13,17,19H. The third kappa shape index (κ3) is 2.89. The van der Waals surface area contributed by atoms with Crippen LogP contribution >= 0.6 is 11.3 Å². The highest BCUT2D eigenvalue weighted by Gasteiger charge is 2.26. The van der Waals surface area contributed by atoms with Gasteiger partial charge < -0.3 is 0 Å². The van der Waals surface area contributed by atoms with Gasteiger partial charge in [-0.2, -0.15) is 5.26 Å². The third-order valence-corrected chi connectivity index (χ3v) is 4.59. The first-order valence-corrected chi connectivity index (χ1v) is 7.81. The molecule has 1 heterocycles. The summed E-state index contributed by atoms with van der Waals surface area (Å²) in [5, 5.41) is 11.8. The van der Waals surface area contributed by atoms with Crippen LogP contribution in [0.1, 0.15) is 27.8 Å². The number of nitriles is 1. The molecule has 3 aromatic rings. The summed E-state index contributed by atoms with van der Waals surface area (Å²) in [4.78, 5) is 1.12. The van der Waals surface area contributed by atoms with Gasteiger partial charge in [0.05, 0.1) is 12.0 Å². The largest absolute Gasteiger partial charge is 0.198 e. The Labute approximate surface area is 129 Å². The highest BCUT2D eigenvalue weighted by atomic mass is 32.1. The van der Waals surface area contributed by atoms with Crippen LogP contribution < -0.4 is 0 Å². The van der Waals surface area contributed by atoms with Crippen molar-refractivity contribution in [2.45, 2.75) is 11.8 Å². The molecule has 102 valence electrons. The first kappa shape index (κ1) is 13.6. The fraction of sp³-hybridized carbons (Fsp3) is 0.105. The minimum Gasteiger partial charge on any atom is -0.198 e. The Morgan fingerprint density at radius 3 is 1.76 bits per heavy atom. The van der Waals surface area contributed by atoms with E-state index in [4.69, 9.17) is 0 Å². The van der Waals surface area contributed by atoms with Gasteiger partial charge in [-0.3, -0.25) is 0 Å². The number of benzene rings is 2. The molecular formula is C19H15NS. The second-order valence-electron chi connectivity index (χ2n) is 4.92. The number of rotatable bonds is 4. The van der Waals surface area contributed by atoms with Crippen molar-refractivity contribution >= 4 is 11.3 Å². The van der Waals surface area contributed by atoms with E-state index in [0.717, 1.165) is 4.88 Å². The molecule has 21 heavy (non-hydrogen) atoms. The monoisotopic (exact) mass is 289 g/mol. The van der Waals surface area contributed by atoms with Crippen molar-refractivity contribution in [1.82, 2.24) is 0 Å². The van der Waals surface area contributed by atoms with Gasteiger partial charge in [-0.15, -0.1) is 11.3 Å². The molecule has 2 aromatic carbocycles. The molecule has 3 rings (SSSR count). The Kier molecular flexibility index (Phi) is 4.14. The first-order chi connectivity index (χ1) is 10.4. The van der Waals surface area contributed by atoms with Gasteiger partial charge in [0.1, 0.15) is 0 Å². The van der Waals surface area contributed by atoms with Gasteiger partial charge in [0, 0.05) is 10.8 Å². The fourth-order valence-electron chi connectivity index (χ4n) is 2.67. The average Bonchev–Trinajstić information content (AvgIpc) is 3.08. The van der Waals surface area contributed by atoms with E-state index in [1.807, 2.05) is 47.8 Å².